The number of ether oxygens (including phenoxy) is 1. The van der Waals surface area contributed by atoms with Gasteiger partial charge in [0.1, 0.15) is 5.75 Å². The second-order valence-electron chi connectivity index (χ2n) is 6.74. The summed E-state index contributed by atoms with van der Waals surface area (Å²) in [5.41, 5.74) is 1.68. The number of nitrogens with zero attached hydrogens (tertiary/aromatic N) is 1. The monoisotopic (exact) mass is 342 g/mol. The summed E-state index contributed by atoms with van der Waals surface area (Å²) in [6, 6.07) is 13.8. The van der Waals surface area contributed by atoms with Gasteiger partial charge >= 0.3 is 0 Å². The fourth-order valence-electron chi connectivity index (χ4n) is 2.55. The van der Waals surface area contributed by atoms with Crippen LogP contribution in [0, 0.1) is 0 Å². The minimum Gasteiger partial charge on any atom is -0.497 e. The Morgan fingerprint density at radius 2 is 1.83 bits per heavy atom. The maximum Gasteiger partial charge on any atom is 0.245 e. The van der Waals surface area contributed by atoms with E-state index in [1.54, 1.807) is 23.8 Å². The van der Waals surface area contributed by atoms with Gasteiger partial charge in [-0.1, -0.05) is 23.9 Å². The van der Waals surface area contributed by atoms with E-state index < -0.39 is 0 Å². The van der Waals surface area contributed by atoms with Gasteiger partial charge in [0.2, 0.25) is 5.91 Å². The summed E-state index contributed by atoms with van der Waals surface area (Å²) < 4.78 is 5.35. The predicted molar refractivity (Wildman–Crippen MR) is 98.5 cm³/mol. The van der Waals surface area contributed by atoms with E-state index in [0.717, 1.165) is 26.9 Å². The lowest BCUT2D eigenvalue weighted by atomic mass is 10.1. The number of anilines is 2. The molecule has 1 amide bonds. The van der Waals surface area contributed by atoms with Gasteiger partial charge in [-0.15, -0.1) is 0 Å². The van der Waals surface area contributed by atoms with E-state index in [1.807, 2.05) is 42.5 Å². The molecular formula is C19H22N2O2S. The fourth-order valence-corrected chi connectivity index (χ4v) is 3.59. The first-order chi connectivity index (χ1) is 11.4. The summed E-state index contributed by atoms with van der Waals surface area (Å²) in [6.45, 7) is 6.44. The third-order valence-corrected chi connectivity index (χ3v) is 4.88. The molecule has 0 unspecified atom stereocenters. The van der Waals surface area contributed by atoms with Crippen LogP contribution in [0.2, 0.25) is 0 Å². The van der Waals surface area contributed by atoms with Gasteiger partial charge in [0.05, 0.1) is 25.0 Å². The van der Waals surface area contributed by atoms with E-state index in [-0.39, 0.29) is 18.0 Å². The Morgan fingerprint density at radius 1 is 1.12 bits per heavy atom. The Balaban J connectivity index is 2.02. The molecule has 4 nitrogen and oxygen atoms in total. The second kappa shape index (κ2) is 6.49. The summed E-state index contributed by atoms with van der Waals surface area (Å²) in [5, 5.41) is 3.28. The Labute approximate surface area is 147 Å². The molecule has 1 N–H and O–H groups in total. The summed E-state index contributed by atoms with van der Waals surface area (Å²) in [7, 11) is 1.64. The van der Waals surface area contributed by atoms with Crippen molar-refractivity contribution in [2.45, 2.75) is 36.1 Å². The standard InChI is InChI=1S/C19H22N2O2S/c1-19(2,3)20-12-18(22)21-14-7-5-6-8-16(14)24-17-10-9-13(23-4)11-15(17)21/h5-11,20H,12H2,1-4H3. The van der Waals surface area contributed by atoms with Gasteiger partial charge in [-0.25, -0.2) is 0 Å². The molecule has 1 aliphatic rings. The zero-order valence-corrected chi connectivity index (χ0v) is 15.2. The highest BCUT2D eigenvalue weighted by molar-refractivity contribution is 7.99. The molecule has 0 radical (unpaired) electrons. The zero-order chi connectivity index (χ0) is 17.3. The molecule has 5 heteroatoms. The van der Waals surface area contributed by atoms with Crippen molar-refractivity contribution in [3.05, 3.63) is 42.5 Å². The molecule has 2 aromatic rings. The number of benzene rings is 2. The van der Waals surface area contributed by atoms with Gasteiger partial charge < -0.3 is 10.1 Å². The van der Waals surface area contributed by atoms with Gasteiger partial charge in [-0.2, -0.15) is 0 Å². The molecule has 24 heavy (non-hydrogen) atoms. The van der Waals surface area contributed by atoms with Crippen molar-refractivity contribution >= 4 is 29.0 Å². The first-order valence-electron chi connectivity index (χ1n) is 7.92. The molecule has 0 spiro atoms. The number of carbonyl (C=O) groups is 1. The molecule has 2 aromatic carbocycles. The van der Waals surface area contributed by atoms with Crippen LogP contribution in [0.3, 0.4) is 0 Å². The van der Waals surface area contributed by atoms with Gasteiger partial charge in [-0.3, -0.25) is 9.69 Å². The fraction of sp³-hybridized carbons (Fsp3) is 0.316. The van der Waals surface area contributed by atoms with Crippen LogP contribution in [-0.2, 0) is 4.79 Å². The third-order valence-electron chi connectivity index (χ3n) is 3.75. The molecule has 0 bridgehead atoms. The summed E-state index contributed by atoms with van der Waals surface area (Å²) in [4.78, 5) is 16.9. The van der Waals surface area contributed by atoms with Gasteiger partial charge in [0, 0.05) is 21.4 Å². The number of methoxy groups -OCH3 is 1. The van der Waals surface area contributed by atoms with Crippen LogP contribution in [0.5, 0.6) is 5.75 Å². The van der Waals surface area contributed by atoms with Crippen molar-refractivity contribution in [1.82, 2.24) is 5.32 Å². The number of fused-ring (bicyclic) bond motifs is 2. The van der Waals surface area contributed by atoms with Crippen molar-refractivity contribution in [2.75, 3.05) is 18.6 Å². The number of nitrogens with one attached hydrogen (secondary N) is 1. The number of para-hydroxylation sites is 1. The quantitative estimate of drug-likeness (QED) is 0.907. The topological polar surface area (TPSA) is 41.6 Å². The lowest BCUT2D eigenvalue weighted by Crippen LogP contribution is -2.44. The number of hydrogen-bond acceptors (Lipinski definition) is 4. The molecule has 126 valence electrons. The lowest BCUT2D eigenvalue weighted by Gasteiger charge is -2.32. The summed E-state index contributed by atoms with van der Waals surface area (Å²) >= 11 is 1.68. The Morgan fingerprint density at radius 3 is 2.54 bits per heavy atom. The lowest BCUT2D eigenvalue weighted by molar-refractivity contribution is -0.117. The number of hydrogen-bond donors (Lipinski definition) is 1. The van der Waals surface area contributed by atoms with Crippen molar-refractivity contribution in [3.63, 3.8) is 0 Å². The van der Waals surface area contributed by atoms with Crippen LogP contribution < -0.4 is 15.0 Å². The highest BCUT2D eigenvalue weighted by Gasteiger charge is 2.29. The van der Waals surface area contributed by atoms with Gasteiger partial charge in [0.25, 0.3) is 0 Å². The Hall–Kier alpha value is -1.98. The number of amides is 1. The van der Waals surface area contributed by atoms with Crippen LogP contribution in [0.1, 0.15) is 20.8 Å². The first kappa shape index (κ1) is 16.9. The highest BCUT2D eigenvalue weighted by Crippen LogP contribution is 2.49. The normalized spacial score (nSPS) is 13.2. The van der Waals surface area contributed by atoms with E-state index in [0.29, 0.717) is 0 Å². The van der Waals surface area contributed by atoms with Crippen LogP contribution in [0.4, 0.5) is 11.4 Å². The summed E-state index contributed by atoms with van der Waals surface area (Å²) in [5.74, 6) is 0.766. The molecule has 1 aliphatic heterocycles. The maximum absolute atomic E-state index is 13.0. The molecule has 0 aliphatic carbocycles. The summed E-state index contributed by atoms with van der Waals surface area (Å²) in [6.07, 6.45) is 0. The maximum atomic E-state index is 13.0. The highest BCUT2D eigenvalue weighted by atomic mass is 32.2. The number of rotatable bonds is 3. The van der Waals surface area contributed by atoms with Crippen molar-refractivity contribution in [2.24, 2.45) is 0 Å². The Bertz CT molecular complexity index is 768. The molecule has 0 saturated carbocycles. The largest absolute Gasteiger partial charge is 0.497 e. The second-order valence-corrected chi connectivity index (χ2v) is 7.82. The van der Waals surface area contributed by atoms with Crippen molar-refractivity contribution in [1.29, 1.82) is 0 Å². The average molecular weight is 342 g/mol. The van der Waals surface area contributed by atoms with Gasteiger partial charge in [0.15, 0.2) is 0 Å². The molecular weight excluding hydrogens is 320 g/mol. The predicted octanol–water partition coefficient (Wildman–Crippen LogP) is 4.21. The smallest absolute Gasteiger partial charge is 0.245 e. The van der Waals surface area contributed by atoms with E-state index >= 15 is 0 Å². The minimum absolute atomic E-state index is 0.0205. The third kappa shape index (κ3) is 3.42. The molecule has 0 fully saturated rings. The van der Waals surface area contributed by atoms with Crippen LogP contribution in [-0.4, -0.2) is 25.1 Å². The molecule has 0 saturated heterocycles. The molecule has 1 heterocycles. The van der Waals surface area contributed by atoms with Crippen LogP contribution >= 0.6 is 11.8 Å². The minimum atomic E-state index is -0.114. The SMILES string of the molecule is COc1ccc2c(c1)N(C(=O)CNC(C)(C)C)c1ccccc1S2. The van der Waals surface area contributed by atoms with E-state index in [4.69, 9.17) is 4.74 Å². The van der Waals surface area contributed by atoms with Crippen molar-refractivity contribution < 1.29 is 9.53 Å². The molecule has 0 aromatic heterocycles. The zero-order valence-electron chi connectivity index (χ0n) is 14.4. The van der Waals surface area contributed by atoms with Crippen LogP contribution in [0.15, 0.2) is 52.3 Å². The van der Waals surface area contributed by atoms with Crippen LogP contribution in [0.25, 0.3) is 0 Å². The van der Waals surface area contributed by atoms with Crippen molar-refractivity contribution in [3.8, 4) is 5.75 Å². The average Bonchev–Trinajstić information content (AvgIpc) is 2.56. The first-order valence-corrected chi connectivity index (χ1v) is 8.73. The molecule has 0 atom stereocenters. The van der Waals surface area contributed by atoms with E-state index in [1.165, 1.54) is 0 Å². The number of carbonyl (C=O) groups excluding carboxylic acids is 1. The van der Waals surface area contributed by atoms with E-state index in [2.05, 4.69) is 26.1 Å². The van der Waals surface area contributed by atoms with E-state index in [9.17, 15) is 4.79 Å². The molecule has 3 rings (SSSR count). The van der Waals surface area contributed by atoms with Gasteiger partial charge in [-0.05, 0) is 45.0 Å². The Kier molecular flexibility index (Phi) is 4.56.